The van der Waals surface area contributed by atoms with Crippen molar-refractivity contribution in [2.75, 3.05) is 20.2 Å². The van der Waals surface area contributed by atoms with E-state index >= 15 is 0 Å². The number of halogens is 2. The second-order valence-electron chi connectivity index (χ2n) is 3.79. The monoisotopic (exact) mass is 277 g/mol. The first-order valence-electron chi connectivity index (χ1n) is 5.60. The summed E-state index contributed by atoms with van der Waals surface area (Å²) in [5.74, 6) is 0. The van der Waals surface area contributed by atoms with E-state index in [-0.39, 0.29) is 5.28 Å². The first-order valence-corrected chi connectivity index (χ1v) is 6.35. The van der Waals surface area contributed by atoms with Crippen LogP contribution in [0.15, 0.2) is 6.20 Å². The molecule has 0 saturated carbocycles. The maximum atomic E-state index is 7.00. The number of hydrogen-bond acceptors (Lipinski definition) is 4. The van der Waals surface area contributed by atoms with Crippen molar-refractivity contribution in [1.82, 2.24) is 14.9 Å². The van der Waals surface area contributed by atoms with Crippen LogP contribution in [-0.4, -0.2) is 40.2 Å². The molecule has 2 rings (SSSR count). The Labute approximate surface area is 112 Å². The average molecular weight is 278 g/mol. The maximum Gasteiger partial charge on any atom is 0.223 e. The molecule has 17 heavy (non-hydrogen) atoms. The number of piperidine rings is 1. The minimum absolute atomic E-state index is 0.211. The molecule has 1 aliphatic heterocycles. The Hall–Kier alpha value is -0.420. The van der Waals surface area contributed by atoms with Gasteiger partial charge in [0.05, 0.1) is 0 Å². The van der Waals surface area contributed by atoms with Gasteiger partial charge in [0.25, 0.3) is 0 Å². The highest BCUT2D eigenvalue weighted by atomic mass is 35.5. The lowest BCUT2D eigenvalue weighted by Crippen LogP contribution is -2.29. The van der Waals surface area contributed by atoms with Crippen LogP contribution < -0.4 is 0 Å². The van der Waals surface area contributed by atoms with E-state index < -0.39 is 0 Å². The molecule has 2 heterocycles. The molecule has 1 saturated heterocycles. The van der Waals surface area contributed by atoms with Crippen LogP contribution in [0.1, 0.15) is 24.8 Å². The maximum absolute atomic E-state index is 7.00. The molecule has 0 amide bonds. The number of aromatic nitrogens is 2. The molecule has 1 aliphatic rings. The Morgan fingerprint density at radius 2 is 1.88 bits per heavy atom. The Morgan fingerprint density at radius 3 is 2.47 bits per heavy atom. The highest BCUT2D eigenvalue weighted by Crippen LogP contribution is 2.18. The zero-order valence-electron chi connectivity index (χ0n) is 9.86. The van der Waals surface area contributed by atoms with E-state index in [4.69, 9.17) is 28.3 Å². The zero-order chi connectivity index (χ0) is 12.7. The Balaban J connectivity index is 0.000000686. The van der Waals surface area contributed by atoms with Crippen LogP contribution in [0.2, 0.25) is 10.4 Å². The van der Waals surface area contributed by atoms with Crippen molar-refractivity contribution in [1.29, 1.82) is 0 Å². The first kappa shape index (κ1) is 14.6. The van der Waals surface area contributed by atoms with Gasteiger partial charge in [-0.2, -0.15) is 0 Å². The lowest BCUT2D eigenvalue weighted by Gasteiger charge is -2.26. The lowest BCUT2D eigenvalue weighted by molar-refractivity contribution is 0.220. The van der Waals surface area contributed by atoms with Gasteiger partial charge in [0.1, 0.15) is 5.15 Å². The highest BCUT2D eigenvalue weighted by molar-refractivity contribution is 6.32. The first-order chi connectivity index (χ1) is 8.25. The number of nitrogens with zero attached hydrogens (tertiary/aromatic N) is 3. The number of aliphatic hydroxyl groups is 1. The fraction of sp³-hybridized carbons (Fsp3) is 0.636. The van der Waals surface area contributed by atoms with E-state index in [9.17, 15) is 0 Å². The highest BCUT2D eigenvalue weighted by Gasteiger charge is 2.13. The van der Waals surface area contributed by atoms with Gasteiger partial charge in [0.15, 0.2) is 0 Å². The molecule has 0 atom stereocenters. The summed E-state index contributed by atoms with van der Waals surface area (Å²) in [4.78, 5) is 10.3. The predicted molar refractivity (Wildman–Crippen MR) is 69.3 cm³/mol. The van der Waals surface area contributed by atoms with E-state index in [1.165, 1.54) is 19.3 Å². The molecule has 96 valence electrons. The SMILES string of the molecule is CO.Clc1ncc(CN2CCCCC2)c(Cl)n1. The van der Waals surface area contributed by atoms with E-state index in [0.717, 1.165) is 32.3 Å². The van der Waals surface area contributed by atoms with E-state index in [2.05, 4.69) is 14.9 Å². The smallest absolute Gasteiger partial charge is 0.223 e. The van der Waals surface area contributed by atoms with Crippen molar-refractivity contribution in [3.05, 3.63) is 22.2 Å². The minimum Gasteiger partial charge on any atom is -0.400 e. The molecule has 0 unspecified atom stereocenters. The van der Waals surface area contributed by atoms with Crippen LogP contribution in [0.5, 0.6) is 0 Å². The topological polar surface area (TPSA) is 49.3 Å². The molecule has 6 heteroatoms. The van der Waals surface area contributed by atoms with E-state index in [0.29, 0.717) is 5.15 Å². The molecule has 1 fully saturated rings. The fourth-order valence-corrected chi connectivity index (χ4v) is 2.20. The summed E-state index contributed by atoms with van der Waals surface area (Å²) < 4.78 is 0. The second kappa shape index (κ2) is 7.82. The van der Waals surface area contributed by atoms with Crippen LogP contribution in [0.3, 0.4) is 0 Å². The van der Waals surface area contributed by atoms with Gasteiger partial charge >= 0.3 is 0 Å². The number of rotatable bonds is 2. The normalized spacial score (nSPS) is 16.2. The summed E-state index contributed by atoms with van der Waals surface area (Å²) in [6, 6.07) is 0. The Morgan fingerprint density at radius 1 is 1.24 bits per heavy atom. The third kappa shape index (κ3) is 4.76. The third-order valence-corrected chi connectivity index (χ3v) is 3.13. The van der Waals surface area contributed by atoms with Crippen LogP contribution >= 0.6 is 23.2 Å². The van der Waals surface area contributed by atoms with Crippen molar-refractivity contribution in [3.8, 4) is 0 Å². The molecule has 1 aromatic heterocycles. The van der Waals surface area contributed by atoms with Gasteiger partial charge < -0.3 is 5.11 Å². The summed E-state index contributed by atoms with van der Waals surface area (Å²) in [5, 5.41) is 7.68. The summed E-state index contributed by atoms with van der Waals surface area (Å²) in [6.07, 6.45) is 5.59. The second-order valence-corrected chi connectivity index (χ2v) is 4.49. The molecule has 4 nitrogen and oxygen atoms in total. The van der Waals surface area contributed by atoms with Crippen LogP contribution in [0.4, 0.5) is 0 Å². The van der Waals surface area contributed by atoms with Crippen molar-refractivity contribution in [2.45, 2.75) is 25.8 Å². The van der Waals surface area contributed by atoms with Crippen molar-refractivity contribution < 1.29 is 5.11 Å². The Bertz CT molecular complexity index is 343. The van der Waals surface area contributed by atoms with E-state index in [1.54, 1.807) is 6.20 Å². The summed E-state index contributed by atoms with van der Waals surface area (Å²) in [6.45, 7) is 3.11. The Kier molecular flexibility index (Phi) is 6.73. The number of aliphatic hydroxyl groups excluding tert-OH is 1. The van der Waals surface area contributed by atoms with Crippen LogP contribution in [0.25, 0.3) is 0 Å². The number of hydrogen-bond donors (Lipinski definition) is 1. The molecule has 0 spiro atoms. The summed E-state index contributed by atoms with van der Waals surface area (Å²) in [5.41, 5.74) is 0.961. The number of likely N-dealkylation sites (tertiary alicyclic amines) is 1. The van der Waals surface area contributed by atoms with Crippen molar-refractivity contribution in [3.63, 3.8) is 0 Å². The van der Waals surface area contributed by atoms with E-state index in [1.807, 2.05) is 0 Å². The van der Waals surface area contributed by atoms with Gasteiger partial charge in [-0.1, -0.05) is 18.0 Å². The third-order valence-electron chi connectivity index (χ3n) is 2.62. The van der Waals surface area contributed by atoms with Gasteiger partial charge in [-0.05, 0) is 37.5 Å². The minimum atomic E-state index is 0.211. The van der Waals surface area contributed by atoms with Gasteiger partial charge in [0, 0.05) is 25.4 Å². The van der Waals surface area contributed by atoms with Gasteiger partial charge in [-0.25, -0.2) is 9.97 Å². The van der Waals surface area contributed by atoms with Gasteiger partial charge in [0.2, 0.25) is 5.28 Å². The molecule has 0 bridgehead atoms. The lowest BCUT2D eigenvalue weighted by atomic mass is 10.1. The van der Waals surface area contributed by atoms with Gasteiger partial charge in [-0.15, -0.1) is 0 Å². The van der Waals surface area contributed by atoms with Crippen LogP contribution in [-0.2, 0) is 6.54 Å². The zero-order valence-corrected chi connectivity index (χ0v) is 11.4. The molecular formula is C11H17Cl2N3O. The van der Waals surface area contributed by atoms with Crippen LogP contribution in [0, 0.1) is 0 Å². The molecule has 1 aromatic rings. The van der Waals surface area contributed by atoms with Gasteiger partial charge in [-0.3, -0.25) is 4.90 Å². The standard InChI is InChI=1S/C10H13Cl2N3.CH4O/c11-9-8(6-13-10(12)14-9)7-15-4-2-1-3-5-15;1-2/h6H,1-5,7H2;2H,1H3. The summed E-state index contributed by atoms with van der Waals surface area (Å²) in [7, 11) is 1.00. The summed E-state index contributed by atoms with van der Waals surface area (Å²) >= 11 is 11.6. The molecule has 0 aromatic carbocycles. The average Bonchev–Trinajstić information content (AvgIpc) is 2.37. The quantitative estimate of drug-likeness (QED) is 0.666. The largest absolute Gasteiger partial charge is 0.400 e. The molecular weight excluding hydrogens is 261 g/mol. The fourth-order valence-electron chi connectivity index (χ4n) is 1.83. The van der Waals surface area contributed by atoms with Crippen molar-refractivity contribution in [2.24, 2.45) is 0 Å². The van der Waals surface area contributed by atoms with Crippen molar-refractivity contribution >= 4 is 23.2 Å². The molecule has 1 N–H and O–H groups in total. The molecule has 0 radical (unpaired) electrons. The molecule has 0 aliphatic carbocycles. The predicted octanol–water partition coefficient (Wildman–Crippen LogP) is 2.38.